The van der Waals surface area contributed by atoms with Crippen LogP contribution in [0.15, 0.2) is 39.3 Å². The number of fused-ring (bicyclic) bond motifs is 1. The van der Waals surface area contributed by atoms with Gasteiger partial charge in [0.1, 0.15) is 23.5 Å². The first-order chi connectivity index (χ1) is 13.5. The van der Waals surface area contributed by atoms with Gasteiger partial charge >= 0.3 is 0 Å². The number of nitrogens with two attached hydrogens (primary N) is 2. The highest BCUT2D eigenvalue weighted by molar-refractivity contribution is 5.92. The van der Waals surface area contributed by atoms with Crippen LogP contribution in [0.5, 0.6) is 11.5 Å². The average Bonchev–Trinajstić information content (AvgIpc) is 2.67. The largest absolute Gasteiger partial charge is 0.494 e. The SMILES string of the molecule is CCCOc1ccc(OCC)c(NCC2=C(C)C3C(N)=NC(N)NC3N=C2)c1. The molecule has 3 atom stereocenters. The van der Waals surface area contributed by atoms with Crippen LogP contribution in [0.25, 0.3) is 0 Å². The highest BCUT2D eigenvalue weighted by Gasteiger charge is 2.34. The van der Waals surface area contributed by atoms with Crippen molar-refractivity contribution in [2.45, 2.75) is 39.6 Å². The molecule has 0 saturated heterocycles. The molecule has 28 heavy (non-hydrogen) atoms. The molecule has 2 aliphatic heterocycles. The smallest absolute Gasteiger partial charge is 0.154 e. The number of hydrogen-bond donors (Lipinski definition) is 4. The van der Waals surface area contributed by atoms with E-state index < -0.39 is 6.29 Å². The maximum atomic E-state index is 6.13. The van der Waals surface area contributed by atoms with Crippen LogP contribution in [0.4, 0.5) is 5.69 Å². The summed E-state index contributed by atoms with van der Waals surface area (Å²) in [4.78, 5) is 8.83. The van der Waals surface area contributed by atoms with E-state index in [9.17, 15) is 0 Å². The number of ether oxygens (including phenoxy) is 2. The van der Waals surface area contributed by atoms with Crippen LogP contribution < -0.4 is 31.6 Å². The zero-order chi connectivity index (χ0) is 20.1. The molecule has 0 fully saturated rings. The van der Waals surface area contributed by atoms with Crippen molar-refractivity contribution in [3.05, 3.63) is 29.3 Å². The van der Waals surface area contributed by atoms with E-state index in [0.717, 1.165) is 34.8 Å². The Hall–Kier alpha value is -2.58. The summed E-state index contributed by atoms with van der Waals surface area (Å²) in [5, 5.41) is 6.60. The minimum atomic E-state index is -0.509. The van der Waals surface area contributed by atoms with Crippen molar-refractivity contribution >= 4 is 17.7 Å². The third-order valence-corrected chi connectivity index (χ3v) is 4.82. The van der Waals surface area contributed by atoms with Gasteiger partial charge in [-0.05, 0) is 38.0 Å². The number of hydrogen-bond acceptors (Lipinski definition) is 8. The third-order valence-electron chi connectivity index (χ3n) is 4.82. The van der Waals surface area contributed by atoms with E-state index in [1.807, 2.05) is 31.3 Å². The van der Waals surface area contributed by atoms with Gasteiger partial charge in [0.2, 0.25) is 0 Å². The van der Waals surface area contributed by atoms with Crippen molar-refractivity contribution < 1.29 is 9.47 Å². The van der Waals surface area contributed by atoms with Crippen molar-refractivity contribution in [3.63, 3.8) is 0 Å². The van der Waals surface area contributed by atoms with Crippen LogP contribution >= 0.6 is 0 Å². The molecule has 1 aromatic rings. The predicted octanol–water partition coefficient (Wildman–Crippen LogP) is 1.83. The van der Waals surface area contributed by atoms with Gasteiger partial charge in [-0.15, -0.1) is 0 Å². The second-order valence-electron chi connectivity index (χ2n) is 6.87. The molecule has 3 rings (SSSR count). The molecule has 1 aromatic carbocycles. The Bertz CT molecular complexity index is 789. The van der Waals surface area contributed by atoms with E-state index in [1.165, 1.54) is 0 Å². The van der Waals surface area contributed by atoms with Gasteiger partial charge in [0, 0.05) is 18.8 Å². The predicted molar refractivity (Wildman–Crippen MR) is 113 cm³/mol. The normalized spacial score (nSPS) is 23.9. The first-order valence-electron chi connectivity index (χ1n) is 9.74. The second-order valence-corrected chi connectivity index (χ2v) is 6.87. The zero-order valence-electron chi connectivity index (χ0n) is 16.7. The molecule has 2 aliphatic rings. The number of rotatable bonds is 8. The van der Waals surface area contributed by atoms with Crippen molar-refractivity contribution in [1.82, 2.24) is 5.32 Å². The Morgan fingerprint density at radius 1 is 1.25 bits per heavy atom. The monoisotopic (exact) mass is 386 g/mol. The van der Waals surface area contributed by atoms with Gasteiger partial charge in [0.05, 0.1) is 24.8 Å². The van der Waals surface area contributed by atoms with E-state index in [0.29, 0.717) is 25.6 Å². The molecular weight excluding hydrogens is 356 g/mol. The lowest BCUT2D eigenvalue weighted by Crippen LogP contribution is -2.55. The van der Waals surface area contributed by atoms with Crippen LogP contribution in [0.3, 0.4) is 0 Å². The fraction of sp³-hybridized carbons (Fsp3) is 0.500. The molecule has 152 valence electrons. The lowest BCUT2D eigenvalue weighted by atomic mass is 9.88. The standard InChI is InChI=1S/C20H30N6O2/c1-4-8-28-14-6-7-16(27-5-2)15(9-14)23-10-13-11-24-19-17(12(13)3)18(21)25-20(22)26-19/h6-7,9,11,17,19-20,23,26H,4-5,8,10,22H2,1-3H3,(H2,21,25). The van der Waals surface area contributed by atoms with Gasteiger partial charge < -0.3 is 20.5 Å². The minimum Gasteiger partial charge on any atom is -0.494 e. The van der Waals surface area contributed by atoms with Crippen LogP contribution in [-0.4, -0.2) is 44.3 Å². The number of benzene rings is 1. The van der Waals surface area contributed by atoms with Gasteiger partial charge in [-0.25, -0.2) is 4.99 Å². The second kappa shape index (κ2) is 9.07. The number of nitrogens with one attached hydrogen (secondary N) is 2. The number of amidine groups is 1. The van der Waals surface area contributed by atoms with E-state index in [2.05, 4.69) is 34.5 Å². The summed E-state index contributed by atoms with van der Waals surface area (Å²) in [5.41, 5.74) is 15.1. The molecule has 0 spiro atoms. The lowest BCUT2D eigenvalue weighted by molar-refractivity contribution is 0.315. The molecule has 0 aliphatic carbocycles. The molecule has 0 amide bonds. The molecule has 0 saturated carbocycles. The van der Waals surface area contributed by atoms with E-state index in [4.69, 9.17) is 20.9 Å². The van der Waals surface area contributed by atoms with Gasteiger partial charge in [-0.1, -0.05) is 12.5 Å². The summed E-state index contributed by atoms with van der Waals surface area (Å²) in [6, 6.07) is 5.83. The quantitative estimate of drug-likeness (QED) is 0.541. The van der Waals surface area contributed by atoms with Crippen molar-refractivity contribution in [2.24, 2.45) is 27.4 Å². The van der Waals surface area contributed by atoms with E-state index in [-0.39, 0.29) is 12.1 Å². The Morgan fingerprint density at radius 2 is 2.07 bits per heavy atom. The van der Waals surface area contributed by atoms with Gasteiger partial charge in [0.15, 0.2) is 6.29 Å². The van der Waals surface area contributed by atoms with E-state index >= 15 is 0 Å². The average molecular weight is 386 g/mol. The summed E-state index contributed by atoms with van der Waals surface area (Å²) in [6.45, 7) is 7.98. The highest BCUT2D eigenvalue weighted by atomic mass is 16.5. The summed E-state index contributed by atoms with van der Waals surface area (Å²) in [7, 11) is 0. The highest BCUT2D eigenvalue weighted by Crippen LogP contribution is 2.31. The minimum absolute atomic E-state index is 0.0767. The van der Waals surface area contributed by atoms with Crippen molar-refractivity contribution in [1.29, 1.82) is 0 Å². The summed E-state index contributed by atoms with van der Waals surface area (Å²) in [5.74, 6) is 2.06. The van der Waals surface area contributed by atoms with Crippen LogP contribution in [0.2, 0.25) is 0 Å². The first kappa shape index (κ1) is 20.2. The topological polar surface area (TPSA) is 119 Å². The van der Waals surface area contributed by atoms with Crippen molar-refractivity contribution in [2.75, 3.05) is 25.1 Å². The van der Waals surface area contributed by atoms with Crippen LogP contribution in [0.1, 0.15) is 27.2 Å². The summed E-state index contributed by atoms with van der Waals surface area (Å²) < 4.78 is 11.5. The maximum Gasteiger partial charge on any atom is 0.154 e. The fourth-order valence-electron chi connectivity index (χ4n) is 3.38. The van der Waals surface area contributed by atoms with E-state index in [1.54, 1.807) is 0 Å². The molecular formula is C20H30N6O2. The fourth-order valence-corrected chi connectivity index (χ4v) is 3.38. The summed E-state index contributed by atoms with van der Waals surface area (Å²) in [6.07, 6.45) is 2.16. The lowest BCUT2D eigenvalue weighted by Gasteiger charge is -2.35. The molecule has 2 heterocycles. The number of nitrogens with zero attached hydrogens (tertiary/aromatic N) is 2. The molecule has 6 N–H and O–H groups in total. The van der Waals surface area contributed by atoms with Gasteiger partial charge in [0.25, 0.3) is 0 Å². The Morgan fingerprint density at radius 3 is 2.82 bits per heavy atom. The molecule has 0 radical (unpaired) electrons. The maximum absolute atomic E-state index is 6.13. The number of anilines is 1. The molecule has 8 nitrogen and oxygen atoms in total. The molecule has 3 unspecified atom stereocenters. The third kappa shape index (κ3) is 4.45. The van der Waals surface area contributed by atoms with Crippen LogP contribution in [0, 0.1) is 5.92 Å². The first-order valence-corrected chi connectivity index (χ1v) is 9.74. The zero-order valence-corrected chi connectivity index (χ0v) is 16.7. The van der Waals surface area contributed by atoms with Crippen LogP contribution in [-0.2, 0) is 0 Å². The Balaban J connectivity index is 1.77. The van der Waals surface area contributed by atoms with Gasteiger partial charge in [-0.2, -0.15) is 0 Å². The molecule has 8 heteroatoms. The molecule has 0 bridgehead atoms. The number of dihydropyridines is 1. The van der Waals surface area contributed by atoms with Crippen molar-refractivity contribution in [3.8, 4) is 11.5 Å². The molecule has 0 aromatic heterocycles. The Kier molecular flexibility index (Phi) is 6.53. The number of aliphatic imine (C=N–C) groups is 2. The summed E-state index contributed by atoms with van der Waals surface area (Å²) >= 11 is 0. The Labute approximate surface area is 166 Å². The van der Waals surface area contributed by atoms with Gasteiger partial charge in [-0.3, -0.25) is 16.0 Å².